The van der Waals surface area contributed by atoms with Crippen molar-refractivity contribution in [1.29, 1.82) is 0 Å². The van der Waals surface area contributed by atoms with Crippen molar-refractivity contribution in [2.24, 2.45) is 11.7 Å². The molecule has 1 amide bonds. The summed E-state index contributed by atoms with van der Waals surface area (Å²) in [5, 5.41) is 12.3. The molecule has 0 unspecified atom stereocenters. The summed E-state index contributed by atoms with van der Waals surface area (Å²) in [6, 6.07) is 0.271. The van der Waals surface area contributed by atoms with Gasteiger partial charge in [0.1, 0.15) is 6.04 Å². The number of carbonyl (C=O) groups excluding carboxylic acids is 1. The van der Waals surface area contributed by atoms with Crippen LogP contribution in [0.25, 0.3) is 0 Å². The van der Waals surface area contributed by atoms with E-state index in [0.29, 0.717) is 0 Å². The molecular weight excluding hydrogens is 268 g/mol. The lowest BCUT2D eigenvalue weighted by molar-refractivity contribution is -0.938. The third-order valence-corrected chi connectivity index (χ3v) is 4.37. The van der Waals surface area contributed by atoms with Crippen LogP contribution in [0, 0.1) is 5.92 Å². The van der Waals surface area contributed by atoms with Crippen LogP contribution < -0.4 is 10.6 Å². The Bertz CT molecular complexity index is 484. The molecule has 0 aromatic carbocycles. The van der Waals surface area contributed by atoms with Crippen molar-refractivity contribution >= 4 is 5.91 Å². The van der Waals surface area contributed by atoms with E-state index in [1.54, 1.807) is 0 Å². The van der Waals surface area contributed by atoms with Crippen molar-refractivity contribution in [3.63, 3.8) is 0 Å². The normalized spacial score (nSPS) is 24.8. The molecule has 7 nitrogen and oxygen atoms in total. The lowest BCUT2D eigenvalue weighted by Crippen LogP contribution is -3.13. The quantitative estimate of drug-likeness (QED) is 0.795. The second-order valence-electron chi connectivity index (χ2n) is 6.92. The molecule has 1 aromatic heterocycles. The molecule has 7 heteroatoms. The number of quaternary nitrogens is 1. The zero-order valence-electron chi connectivity index (χ0n) is 13.5. The predicted octanol–water partition coefficient (Wildman–Crippen LogP) is -0.341. The van der Waals surface area contributed by atoms with Crippen LogP contribution in [0.15, 0.2) is 0 Å². The summed E-state index contributed by atoms with van der Waals surface area (Å²) in [5.41, 5.74) is 5.28. The van der Waals surface area contributed by atoms with Crippen molar-refractivity contribution in [1.82, 2.24) is 20.2 Å². The van der Waals surface area contributed by atoms with Crippen molar-refractivity contribution in [3.05, 3.63) is 5.82 Å². The van der Waals surface area contributed by atoms with Crippen LogP contribution in [0.4, 0.5) is 0 Å². The molecule has 0 saturated carbocycles. The predicted molar refractivity (Wildman–Crippen MR) is 78.5 cm³/mol. The molecule has 0 spiro atoms. The molecule has 1 aromatic rings. The van der Waals surface area contributed by atoms with Crippen LogP contribution in [0.5, 0.6) is 0 Å². The molecule has 2 heterocycles. The number of carbonyl (C=O) groups is 1. The van der Waals surface area contributed by atoms with E-state index in [1.165, 1.54) is 4.90 Å². The highest BCUT2D eigenvalue weighted by Crippen LogP contribution is 2.19. The summed E-state index contributed by atoms with van der Waals surface area (Å²) >= 11 is 0. The fourth-order valence-corrected chi connectivity index (χ4v) is 3.16. The zero-order chi connectivity index (χ0) is 15.6. The van der Waals surface area contributed by atoms with Crippen LogP contribution in [0.2, 0.25) is 0 Å². The Hall–Kier alpha value is -1.50. The maximum atomic E-state index is 11.3. The minimum absolute atomic E-state index is 0.0323. The van der Waals surface area contributed by atoms with Crippen molar-refractivity contribution in [3.8, 4) is 0 Å². The minimum Gasteiger partial charge on any atom is -0.369 e. The molecule has 2 rings (SSSR count). The summed E-state index contributed by atoms with van der Waals surface area (Å²) < 4.78 is 1.92. The number of nitrogens with zero attached hydrogens (tertiary/aromatic N) is 4. The standard InChI is InChI=1S/C14H26N6O/c1-5-11(13-16-17-18-20(13)14(2,3)4)19-8-6-10(7-9-19)12(15)21/h10-11H,5-9H2,1-4H3,(H2,15,21)/p+1/t11-/m0/s1. The van der Waals surface area contributed by atoms with Gasteiger partial charge < -0.3 is 10.6 Å². The number of likely N-dealkylation sites (tertiary alicyclic amines) is 1. The van der Waals surface area contributed by atoms with Gasteiger partial charge in [0, 0.05) is 25.2 Å². The summed E-state index contributed by atoms with van der Waals surface area (Å²) in [5.74, 6) is 0.809. The van der Waals surface area contributed by atoms with Gasteiger partial charge in [-0.2, -0.15) is 0 Å². The largest absolute Gasteiger partial charge is 0.369 e. The van der Waals surface area contributed by atoms with E-state index >= 15 is 0 Å². The topological polar surface area (TPSA) is 91.1 Å². The van der Waals surface area contributed by atoms with E-state index < -0.39 is 0 Å². The van der Waals surface area contributed by atoms with Crippen LogP contribution in [0.1, 0.15) is 58.8 Å². The number of rotatable bonds is 4. The lowest BCUT2D eigenvalue weighted by Gasteiger charge is -2.33. The van der Waals surface area contributed by atoms with Crippen molar-refractivity contribution < 1.29 is 9.69 Å². The molecule has 1 fully saturated rings. The van der Waals surface area contributed by atoms with E-state index in [9.17, 15) is 4.79 Å². The molecule has 0 aliphatic carbocycles. The Balaban J connectivity index is 2.15. The molecule has 1 aliphatic heterocycles. The lowest BCUT2D eigenvalue weighted by atomic mass is 9.94. The summed E-state index contributed by atoms with van der Waals surface area (Å²) in [6.45, 7) is 10.4. The summed E-state index contributed by atoms with van der Waals surface area (Å²) in [7, 11) is 0. The summed E-state index contributed by atoms with van der Waals surface area (Å²) in [6.07, 6.45) is 2.70. The van der Waals surface area contributed by atoms with Crippen molar-refractivity contribution in [2.45, 2.75) is 58.5 Å². The third-order valence-electron chi connectivity index (χ3n) is 4.37. The van der Waals surface area contributed by atoms with Gasteiger partial charge >= 0.3 is 0 Å². The Labute approximate surface area is 125 Å². The second-order valence-corrected chi connectivity index (χ2v) is 6.92. The molecule has 1 aliphatic rings. The number of hydrogen-bond donors (Lipinski definition) is 2. The number of nitrogens with two attached hydrogens (primary N) is 1. The first-order valence-corrected chi connectivity index (χ1v) is 7.77. The maximum absolute atomic E-state index is 11.3. The Kier molecular flexibility index (Phi) is 4.61. The Morgan fingerprint density at radius 2 is 2.05 bits per heavy atom. The van der Waals surface area contributed by atoms with Gasteiger partial charge in [-0.1, -0.05) is 6.92 Å². The molecule has 0 bridgehead atoms. The molecule has 0 radical (unpaired) electrons. The number of tetrazole rings is 1. The van der Waals surface area contributed by atoms with Gasteiger partial charge in [-0.3, -0.25) is 4.79 Å². The zero-order valence-corrected chi connectivity index (χ0v) is 13.5. The monoisotopic (exact) mass is 295 g/mol. The average molecular weight is 295 g/mol. The second kappa shape index (κ2) is 6.09. The molecule has 21 heavy (non-hydrogen) atoms. The first-order valence-electron chi connectivity index (χ1n) is 7.77. The number of primary amides is 1. The van der Waals surface area contributed by atoms with E-state index in [-0.39, 0.29) is 23.4 Å². The van der Waals surface area contributed by atoms with E-state index in [4.69, 9.17) is 5.73 Å². The third kappa shape index (κ3) is 3.40. The van der Waals surface area contributed by atoms with Crippen LogP contribution in [0.3, 0.4) is 0 Å². The van der Waals surface area contributed by atoms with Gasteiger partial charge in [-0.15, -0.1) is 5.10 Å². The van der Waals surface area contributed by atoms with Gasteiger partial charge in [0.2, 0.25) is 11.7 Å². The van der Waals surface area contributed by atoms with E-state index in [0.717, 1.165) is 38.2 Å². The molecule has 3 N–H and O–H groups in total. The number of amides is 1. The van der Waals surface area contributed by atoms with Gasteiger partial charge in [0.25, 0.3) is 0 Å². The van der Waals surface area contributed by atoms with E-state index in [2.05, 4.69) is 43.2 Å². The number of aromatic nitrogens is 4. The van der Waals surface area contributed by atoms with Crippen LogP contribution in [-0.4, -0.2) is 39.2 Å². The highest BCUT2D eigenvalue weighted by molar-refractivity contribution is 5.76. The molecule has 118 valence electrons. The number of piperidine rings is 1. The van der Waals surface area contributed by atoms with Crippen molar-refractivity contribution in [2.75, 3.05) is 13.1 Å². The molecule has 1 saturated heterocycles. The summed E-state index contributed by atoms with van der Waals surface area (Å²) in [4.78, 5) is 12.7. The minimum atomic E-state index is -0.165. The Morgan fingerprint density at radius 1 is 1.43 bits per heavy atom. The number of hydrogen-bond acceptors (Lipinski definition) is 4. The first-order chi connectivity index (χ1) is 9.84. The van der Waals surface area contributed by atoms with E-state index in [1.807, 2.05) is 4.68 Å². The average Bonchev–Trinajstić information content (AvgIpc) is 2.89. The molecular formula is C14H27N6O+. The highest BCUT2D eigenvalue weighted by atomic mass is 16.1. The Morgan fingerprint density at radius 3 is 2.52 bits per heavy atom. The molecule has 1 atom stereocenters. The fourth-order valence-electron chi connectivity index (χ4n) is 3.16. The van der Waals surface area contributed by atoms with Gasteiger partial charge in [-0.25, -0.2) is 4.68 Å². The van der Waals surface area contributed by atoms with Gasteiger partial charge in [0.15, 0.2) is 0 Å². The smallest absolute Gasteiger partial charge is 0.220 e. The number of nitrogens with one attached hydrogen (secondary N) is 1. The SMILES string of the molecule is CC[C@@H](c1nnnn1C(C)(C)C)[NH+]1CCC(C(N)=O)CC1. The van der Waals surface area contributed by atoms with Crippen LogP contribution in [-0.2, 0) is 10.3 Å². The fraction of sp³-hybridized carbons (Fsp3) is 0.857. The first kappa shape index (κ1) is 15.9. The van der Waals surface area contributed by atoms with Gasteiger partial charge in [0.05, 0.1) is 18.6 Å². The van der Waals surface area contributed by atoms with Crippen LogP contribution >= 0.6 is 0 Å². The highest BCUT2D eigenvalue weighted by Gasteiger charge is 2.35. The maximum Gasteiger partial charge on any atom is 0.220 e. The van der Waals surface area contributed by atoms with Gasteiger partial charge in [-0.05, 0) is 31.2 Å².